The van der Waals surface area contributed by atoms with Crippen molar-refractivity contribution in [2.75, 3.05) is 0 Å². The van der Waals surface area contributed by atoms with Crippen molar-refractivity contribution in [1.29, 1.82) is 0 Å². The summed E-state index contributed by atoms with van der Waals surface area (Å²) in [6.45, 7) is 0. The van der Waals surface area contributed by atoms with Gasteiger partial charge in [0.05, 0.1) is 16.8 Å². The van der Waals surface area contributed by atoms with Gasteiger partial charge in [0.15, 0.2) is 5.82 Å². The lowest BCUT2D eigenvalue weighted by molar-refractivity contribution is 0.0697. The van der Waals surface area contributed by atoms with Crippen molar-refractivity contribution in [2.24, 2.45) is 0 Å². The second-order valence-electron chi connectivity index (χ2n) is 4.34. The molecule has 0 fully saturated rings. The highest BCUT2D eigenvalue weighted by molar-refractivity contribution is 6.35. The van der Waals surface area contributed by atoms with Gasteiger partial charge in [-0.05, 0) is 11.6 Å². The van der Waals surface area contributed by atoms with E-state index >= 15 is 0 Å². The number of aromatic carboxylic acids is 1. The number of rotatable bonds is 3. The Hall–Kier alpha value is -2.66. The van der Waals surface area contributed by atoms with Crippen LogP contribution in [0.4, 0.5) is 0 Å². The molecule has 0 atom stereocenters. The second kappa shape index (κ2) is 5.38. The van der Waals surface area contributed by atoms with E-state index in [2.05, 4.69) is 10.1 Å². The van der Waals surface area contributed by atoms with Crippen LogP contribution in [-0.2, 0) is 0 Å². The number of hydrogen-bond donors (Lipinski definition) is 1. The molecule has 6 heteroatoms. The molecule has 0 spiro atoms. The fourth-order valence-electron chi connectivity index (χ4n) is 1.98. The molecule has 0 bridgehead atoms. The molecular weight excluding hydrogens is 290 g/mol. The van der Waals surface area contributed by atoms with Crippen LogP contribution in [0.25, 0.3) is 16.9 Å². The summed E-state index contributed by atoms with van der Waals surface area (Å²) in [7, 11) is 0. The molecule has 0 amide bonds. The quantitative estimate of drug-likeness (QED) is 0.806. The number of halogens is 1. The minimum Gasteiger partial charge on any atom is -0.478 e. The second-order valence-corrected chi connectivity index (χ2v) is 4.72. The van der Waals surface area contributed by atoms with E-state index in [0.29, 0.717) is 5.82 Å². The first-order chi connectivity index (χ1) is 10.2. The smallest absolute Gasteiger partial charge is 0.337 e. The number of hydrogen-bond acceptors (Lipinski definition) is 3. The summed E-state index contributed by atoms with van der Waals surface area (Å²) in [5.41, 5.74) is 1.90. The third kappa shape index (κ3) is 2.51. The molecular formula is C15H10ClN3O2. The van der Waals surface area contributed by atoms with Crippen molar-refractivity contribution in [3.05, 3.63) is 65.6 Å². The zero-order valence-electron chi connectivity index (χ0n) is 10.8. The molecule has 21 heavy (non-hydrogen) atoms. The summed E-state index contributed by atoms with van der Waals surface area (Å²) in [6.07, 6.45) is 4.84. The summed E-state index contributed by atoms with van der Waals surface area (Å²) >= 11 is 6.09. The summed E-state index contributed by atoms with van der Waals surface area (Å²) in [4.78, 5) is 15.2. The van der Waals surface area contributed by atoms with Crippen LogP contribution in [0, 0.1) is 0 Å². The van der Waals surface area contributed by atoms with Crippen molar-refractivity contribution in [3.8, 4) is 16.9 Å². The third-order valence-electron chi connectivity index (χ3n) is 3.01. The van der Waals surface area contributed by atoms with Gasteiger partial charge in [-0.15, -0.1) is 0 Å². The number of benzene rings is 1. The SMILES string of the molecule is O=C(O)c1ccnc(-n2cc(-c3ccccc3)cn2)c1Cl. The van der Waals surface area contributed by atoms with Gasteiger partial charge in [-0.25, -0.2) is 14.5 Å². The van der Waals surface area contributed by atoms with Crippen molar-refractivity contribution >= 4 is 17.6 Å². The Kier molecular flexibility index (Phi) is 3.41. The zero-order valence-corrected chi connectivity index (χ0v) is 11.5. The molecule has 2 heterocycles. The van der Waals surface area contributed by atoms with E-state index in [1.165, 1.54) is 16.9 Å². The molecule has 0 aliphatic heterocycles. The normalized spacial score (nSPS) is 10.5. The van der Waals surface area contributed by atoms with Crippen molar-refractivity contribution in [3.63, 3.8) is 0 Å². The lowest BCUT2D eigenvalue weighted by atomic mass is 10.1. The van der Waals surface area contributed by atoms with E-state index in [0.717, 1.165) is 11.1 Å². The van der Waals surface area contributed by atoms with E-state index in [-0.39, 0.29) is 10.6 Å². The van der Waals surface area contributed by atoms with E-state index in [1.807, 2.05) is 30.3 Å². The minimum atomic E-state index is -1.10. The van der Waals surface area contributed by atoms with Gasteiger partial charge in [0.1, 0.15) is 0 Å². The molecule has 0 radical (unpaired) electrons. The average molecular weight is 300 g/mol. The Bertz CT molecular complexity index is 800. The van der Waals surface area contributed by atoms with Crippen LogP contribution >= 0.6 is 11.6 Å². The zero-order chi connectivity index (χ0) is 14.8. The van der Waals surface area contributed by atoms with Crippen LogP contribution in [0.1, 0.15) is 10.4 Å². The topological polar surface area (TPSA) is 68.0 Å². The van der Waals surface area contributed by atoms with Gasteiger partial charge >= 0.3 is 5.97 Å². The fourth-order valence-corrected chi connectivity index (χ4v) is 2.26. The first kappa shape index (κ1) is 13.3. The van der Waals surface area contributed by atoms with Gasteiger partial charge in [-0.1, -0.05) is 41.9 Å². The van der Waals surface area contributed by atoms with Gasteiger partial charge in [0, 0.05) is 18.0 Å². The Morgan fingerprint density at radius 2 is 1.90 bits per heavy atom. The summed E-state index contributed by atoms with van der Waals surface area (Å²) in [5, 5.41) is 13.3. The molecule has 0 saturated heterocycles. The predicted octanol–water partition coefficient (Wildman–Crippen LogP) is 3.29. The highest BCUT2D eigenvalue weighted by Crippen LogP contribution is 2.24. The lowest BCUT2D eigenvalue weighted by Crippen LogP contribution is -2.04. The van der Waals surface area contributed by atoms with Crippen LogP contribution in [0.5, 0.6) is 0 Å². The first-order valence-electron chi connectivity index (χ1n) is 6.15. The van der Waals surface area contributed by atoms with Crippen LogP contribution < -0.4 is 0 Å². The molecule has 1 aromatic carbocycles. The number of carbonyl (C=O) groups is 1. The first-order valence-corrected chi connectivity index (χ1v) is 6.53. The third-order valence-corrected chi connectivity index (χ3v) is 3.38. The average Bonchev–Trinajstić information content (AvgIpc) is 2.98. The number of pyridine rings is 1. The molecule has 104 valence electrons. The molecule has 5 nitrogen and oxygen atoms in total. The number of carboxylic acids is 1. The van der Waals surface area contributed by atoms with Crippen LogP contribution in [0.3, 0.4) is 0 Å². The highest BCUT2D eigenvalue weighted by atomic mass is 35.5. The Labute approximate surface area is 125 Å². The molecule has 0 aliphatic carbocycles. The van der Waals surface area contributed by atoms with Gasteiger partial charge < -0.3 is 5.11 Å². The van der Waals surface area contributed by atoms with Crippen LogP contribution in [-0.4, -0.2) is 25.8 Å². The molecule has 3 rings (SSSR count). The largest absolute Gasteiger partial charge is 0.478 e. The van der Waals surface area contributed by atoms with E-state index in [1.54, 1.807) is 12.4 Å². The number of nitrogens with zero attached hydrogens (tertiary/aromatic N) is 3. The maximum absolute atomic E-state index is 11.1. The summed E-state index contributed by atoms with van der Waals surface area (Å²) < 4.78 is 1.47. The Balaban J connectivity index is 2.05. The molecule has 0 unspecified atom stereocenters. The fraction of sp³-hybridized carbons (Fsp3) is 0. The lowest BCUT2D eigenvalue weighted by Gasteiger charge is -2.05. The summed E-state index contributed by atoms with van der Waals surface area (Å²) in [5.74, 6) is -0.808. The maximum Gasteiger partial charge on any atom is 0.337 e. The van der Waals surface area contributed by atoms with E-state index < -0.39 is 5.97 Å². The molecule has 0 aliphatic rings. The molecule has 1 N–H and O–H groups in total. The van der Waals surface area contributed by atoms with Gasteiger partial charge in [0.2, 0.25) is 0 Å². The Morgan fingerprint density at radius 1 is 1.14 bits per heavy atom. The Morgan fingerprint density at radius 3 is 2.62 bits per heavy atom. The van der Waals surface area contributed by atoms with Crippen LogP contribution in [0.2, 0.25) is 5.02 Å². The maximum atomic E-state index is 11.1. The molecule has 0 saturated carbocycles. The standard InChI is InChI=1S/C15H10ClN3O2/c16-13-12(15(20)21)6-7-17-14(13)19-9-11(8-18-19)10-4-2-1-3-5-10/h1-9H,(H,20,21). The van der Waals surface area contributed by atoms with Gasteiger partial charge in [-0.2, -0.15) is 5.10 Å². The van der Waals surface area contributed by atoms with Crippen molar-refractivity contribution in [1.82, 2.24) is 14.8 Å². The number of carboxylic acid groups (broad SMARTS) is 1. The molecule has 2 aromatic heterocycles. The predicted molar refractivity (Wildman–Crippen MR) is 78.8 cm³/mol. The van der Waals surface area contributed by atoms with E-state index in [9.17, 15) is 4.79 Å². The van der Waals surface area contributed by atoms with Crippen molar-refractivity contribution < 1.29 is 9.90 Å². The summed E-state index contributed by atoms with van der Waals surface area (Å²) in [6, 6.07) is 11.1. The molecule has 3 aromatic rings. The minimum absolute atomic E-state index is 0.00146. The van der Waals surface area contributed by atoms with E-state index in [4.69, 9.17) is 16.7 Å². The van der Waals surface area contributed by atoms with Crippen molar-refractivity contribution in [2.45, 2.75) is 0 Å². The number of aromatic nitrogens is 3. The van der Waals surface area contributed by atoms with Gasteiger partial charge in [0.25, 0.3) is 0 Å². The highest BCUT2D eigenvalue weighted by Gasteiger charge is 2.15. The monoisotopic (exact) mass is 299 g/mol. The van der Waals surface area contributed by atoms with Gasteiger partial charge in [-0.3, -0.25) is 0 Å². The van der Waals surface area contributed by atoms with Crippen LogP contribution in [0.15, 0.2) is 55.0 Å².